The summed E-state index contributed by atoms with van der Waals surface area (Å²) < 4.78 is 26.4. The molecule has 0 aliphatic carbocycles. The van der Waals surface area contributed by atoms with Crippen LogP contribution in [0.5, 0.6) is 0 Å². The van der Waals surface area contributed by atoms with Crippen LogP contribution in [-0.4, -0.2) is 42.0 Å². The summed E-state index contributed by atoms with van der Waals surface area (Å²) in [6.45, 7) is 3.18. The fourth-order valence-corrected chi connectivity index (χ4v) is 3.65. The minimum absolute atomic E-state index is 0.0246. The van der Waals surface area contributed by atoms with Crippen molar-refractivity contribution in [1.82, 2.24) is 9.29 Å². The zero-order valence-corrected chi connectivity index (χ0v) is 12.6. The van der Waals surface area contributed by atoms with Gasteiger partial charge in [-0.1, -0.05) is 12.1 Å². The van der Waals surface area contributed by atoms with E-state index in [4.69, 9.17) is 0 Å². The van der Waals surface area contributed by atoms with Crippen molar-refractivity contribution in [3.63, 3.8) is 0 Å². The summed E-state index contributed by atoms with van der Waals surface area (Å²) in [4.78, 5) is 4.22. The number of aliphatic hydroxyl groups is 1. The number of hydrogen-bond acceptors (Lipinski definition) is 4. The number of aromatic nitrogens is 1. The topological polar surface area (TPSA) is 70.5 Å². The van der Waals surface area contributed by atoms with Crippen LogP contribution in [0.3, 0.4) is 0 Å². The molecule has 0 fully saturated rings. The number of fused-ring (bicyclic) bond motifs is 1. The van der Waals surface area contributed by atoms with Crippen molar-refractivity contribution in [3.8, 4) is 0 Å². The van der Waals surface area contributed by atoms with Crippen molar-refractivity contribution < 1.29 is 13.5 Å². The van der Waals surface area contributed by atoms with Crippen LogP contribution in [0.25, 0.3) is 10.8 Å². The summed E-state index contributed by atoms with van der Waals surface area (Å²) in [5.41, 5.74) is -1.09. The van der Waals surface area contributed by atoms with Gasteiger partial charge in [-0.2, -0.15) is 4.31 Å². The maximum absolute atomic E-state index is 12.6. The third-order valence-corrected chi connectivity index (χ3v) is 4.80. The highest BCUT2D eigenvalue weighted by molar-refractivity contribution is 7.89. The molecule has 108 valence electrons. The first-order valence-electron chi connectivity index (χ1n) is 6.23. The molecule has 0 spiro atoms. The van der Waals surface area contributed by atoms with E-state index >= 15 is 0 Å². The van der Waals surface area contributed by atoms with Gasteiger partial charge in [0.1, 0.15) is 0 Å². The summed E-state index contributed by atoms with van der Waals surface area (Å²) in [6.07, 6.45) is 3.20. The van der Waals surface area contributed by atoms with Gasteiger partial charge in [-0.05, 0) is 26.0 Å². The second kappa shape index (κ2) is 5.12. The van der Waals surface area contributed by atoms with E-state index in [2.05, 4.69) is 4.98 Å². The molecule has 0 aliphatic rings. The molecule has 0 bridgehead atoms. The van der Waals surface area contributed by atoms with E-state index in [-0.39, 0.29) is 11.4 Å². The third kappa shape index (κ3) is 2.98. The Morgan fingerprint density at radius 2 is 2.00 bits per heavy atom. The van der Waals surface area contributed by atoms with Gasteiger partial charge in [-0.25, -0.2) is 8.42 Å². The third-order valence-electron chi connectivity index (χ3n) is 2.94. The van der Waals surface area contributed by atoms with Gasteiger partial charge in [0, 0.05) is 36.8 Å². The molecular weight excluding hydrogens is 276 g/mol. The second-order valence-corrected chi connectivity index (χ2v) is 7.44. The predicted molar refractivity (Wildman–Crippen MR) is 77.9 cm³/mol. The van der Waals surface area contributed by atoms with Gasteiger partial charge in [0.2, 0.25) is 10.0 Å². The Morgan fingerprint density at radius 1 is 1.30 bits per heavy atom. The molecule has 2 rings (SSSR count). The van der Waals surface area contributed by atoms with Crippen LogP contribution in [0, 0.1) is 0 Å². The Labute approximate surface area is 118 Å². The number of nitrogens with zero attached hydrogens (tertiary/aromatic N) is 2. The maximum atomic E-state index is 12.6. The van der Waals surface area contributed by atoms with Gasteiger partial charge in [-0.15, -0.1) is 0 Å². The molecule has 1 aromatic heterocycles. The van der Waals surface area contributed by atoms with Gasteiger partial charge in [0.05, 0.1) is 10.5 Å². The van der Waals surface area contributed by atoms with E-state index in [0.717, 1.165) is 5.39 Å². The molecule has 1 heterocycles. The Balaban J connectivity index is 2.52. The first-order valence-corrected chi connectivity index (χ1v) is 7.67. The minimum atomic E-state index is -3.65. The zero-order chi connectivity index (χ0) is 15.0. The first kappa shape index (κ1) is 14.9. The minimum Gasteiger partial charge on any atom is -0.389 e. The van der Waals surface area contributed by atoms with Crippen molar-refractivity contribution in [2.75, 3.05) is 13.6 Å². The highest BCUT2D eigenvalue weighted by atomic mass is 32.2. The van der Waals surface area contributed by atoms with E-state index in [1.54, 1.807) is 44.4 Å². The first-order chi connectivity index (χ1) is 9.22. The number of sulfonamides is 1. The summed E-state index contributed by atoms with van der Waals surface area (Å²) in [5.74, 6) is 0. The quantitative estimate of drug-likeness (QED) is 0.930. The summed E-state index contributed by atoms with van der Waals surface area (Å²) in [6, 6.07) is 6.75. The van der Waals surface area contributed by atoms with Gasteiger partial charge in [0.15, 0.2) is 0 Å². The lowest BCUT2D eigenvalue weighted by molar-refractivity contribution is 0.0640. The van der Waals surface area contributed by atoms with E-state index in [1.165, 1.54) is 11.4 Å². The van der Waals surface area contributed by atoms with Crippen LogP contribution >= 0.6 is 0 Å². The van der Waals surface area contributed by atoms with Crippen LogP contribution in [-0.2, 0) is 10.0 Å². The number of rotatable bonds is 4. The van der Waals surface area contributed by atoms with Crippen LogP contribution in [0.1, 0.15) is 13.8 Å². The van der Waals surface area contributed by atoms with Crippen LogP contribution in [0.4, 0.5) is 0 Å². The fraction of sp³-hybridized carbons (Fsp3) is 0.357. The standard InChI is InChI=1S/C14H18N2O3S/c1-14(2,17)10-16(3)20(18,19)13-6-4-5-11-9-15-8-7-12(11)13/h4-9,17H,10H2,1-3H3. The summed E-state index contributed by atoms with van der Waals surface area (Å²) in [5, 5.41) is 11.2. The second-order valence-electron chi connectivity index (χ2n) is 5.43. The molecule has 0 unspecified atom stereocenters. The SMILES string of the molecule is CN(CC(C)(C)O)S(=O)(=O)c1cccc2cnccc12. The smallest absolute Gasteiger partial charge is 0.243 e. The lowest BCUT2D eigenvalue weighted by Gasteiger charge is -2.25. The molecule has 0 aliphatic heterocycles. The van der Waals surface area contributed by atoms with Gasteiger partial charge >= 0.3 is 0 Å². The number of likely N-dealkylation sites (N-methyl/N-ethyl adjacent to an activating group) is 1. The molecule has 5 nitrogen and oxygen atoms in total. The fourth-order valence-electron chi connectivity index (χ4n) is 2.12. The molecule has 1 aromatic carbocycles. The van der Waals surface area contributed by atoms with E-state index in [0.29, 0.717) is 5.39 Å². The number of pyridine rings is 1. The van der Waals surface area contributed by atoms with Gasteiger partial charge < -0.3 is 5.11 Å². The van der Waals surface area contributed by atoms with Crippen LogP contribution in [0.2, 0.25) is 0 Å². The lowest BCUT2D eigenvalue weighted by atomic mass is 10.1. The van der Waals surface area contributed by atoms with Crippen molar-refractivity contribution in [1.29, 1.82) is 0 Å². The number of hydrogen-bond donors (Lipinski definition) is 1. The lowest BCUT2D eigenvalue weighted by Crippen LogP contribution is -2.39. The molecule has 0 atom stereocenters. The van der Waals surface area contributed by atoms with Crippen molar-refractivity contribution in [3.05, 3.63) is 36.7 Å². The molecule has 0 amide bonds. The Morgan fingerprint density at radius 3 is 2.65 bits per heavy atom. The normalized spacial score (nSPS) is 13.1. The predicted octanol–water partition coefficient (Wildman–Crippen LogP) is 1.63. The van der Waals surface area contributed by atoms with Crippen molar-refractivity contribution >= 4 is 20.8 Å². The average Bonchev–Trinajstić information content (AvgIpc) is 2.36. The molecule has 0 saturated carbocycles. The van der Waals surface area contributed by atoms with E-state index in [9.17, 15) is 13.5 Å². The Bertz CT molecular complexity index is 715. The average molecular weight is 294 g/mol. The molecular formula is C14H18N2O3S. The highest BCUT2D eigenvalue weighted by Gasteiger charge is 2.27. The summed E-state index contributed by atoms with van der Waals surface area (Å²) >= 11 is 0. The zero-order valence-electron chi connectivity index (χ0n) is 11.7. The summed E-state index contributed by atoms with van der Waals surface area (Å²) in [7, 11) is -2.19. The maximum Gasteiger partial charge on any atom is 0.243 e. The Hall–Kier alpha value is -1.50. The molecule has 0 saturated heterocycles. The molecule has 1 N–H and O–H groups in total. The molecule has 2 aromatic rings. The van der Waals surface area contributed by atoms with E-state index < -0.39 is 15.6 Å². The Kier molecular flexibility index (Phi) is 3.82. The number of benzene rings is 1. The molecule has 6 heteroatoms. The van der Waals surface area contributed by atoms with Crippen LogP contribution < -0.4 is 0 Å². The van der Waals surface area contributed by atoms with E-state index in [1.807, 2.05) is 6.07 Å². The monoisotopic (exact) mass is 294 g/mol. The molecule has 0 radical (unpaired) electrons. The largest absolute Gasteiger partial charge is 0.389 e. The highest BCUT2D eigenvalue weighted by Crippen LogP contribution is 2.25. The van der Waals surface area contributed by atoms with Gasteiger partial charge in [0.25, 0.3) is 0 Å². The van der Waals surface area contributed by atoms with Crippen molar-refractivity contribution in [2.24, 2.45) is 0 Å². The van der Waals surface area contributed by atoms with Gasteiger partial charge in [-0.3, -0.25) is 4.98 Å². The van der Waals surface area contributed by atoms with Crippen LogP contribution in [0.15, 0.2) is 41.6 Å². The van der Waals surface area contributed by atoms with Crippen molar-refractivity contribution in [2.45, 2.75) is 24.3 Å². The molecule has 20 heavy (non-hydrogen) atoms.